The Bertz CT molecular complexity index is 603. The average Bonchev–Trinajstić information content (AvgIpc) is 2.37. The number of hydrogen-bond acceptors (Lipinski definition) is 2. The first kappa shape index (κ1) is 15.0. The van der Waals surface area contributed by atoms with E-state index in [2.05, 4.69) is 37.4 Å². The number of nitrogens with one attached hydrogen (secondary N) is 1. The van der Waals surface area contributed by atoms with Crippen molar-refractivity contribution < 1.29 is 4.74 Å². The van der Waals surface area contributed by atoms with Crippen LogP contribution in [0.3, 0.4) is 0 Å². The summed E-state index contributed by atoms with van der Waals surface area (Å²) in [5.74, 6) is 0.517. The largest absolute Gasteiger partial charge is 0.494 e. The van der Waals surface area contributed by atoms with E-state index in [1.54, 1.807) is 7.11 Å². The lowest BCUT2D eigenvalue weighted by Gasteiger charge is -2.12. The van der Waals surface area contributed by atoms with Crippen molar-refractivity contribution in [2.75, 3.05) is 12.4 Å². The molecule has 2 aromatic rings. The van der Waals surface area contributed by atoms with E-state index in [1.807, 2.05) is 12.1 Å². The summed E-state index contributed by atoms with van der Waals surface area (Å²) < 4.78 is 5.14. The maximum absolute atomic E-state index is 6.13. The zero-order valence-corrected chi connectivity index (χ0v) is 13.3. The third-order valence-corrected chi connectivity index (χ3v) is 3.69. The minimum atomic E-state index is 0.517. The molecule has 4 heteroatoms. The van der Waals surface area contributed by atoms with Crippen molar-refractivity contribution >= 4 is 28.9 Å². The van der Waals surface area contributed by atoms with Crippen LogP contribution < -0.4 is 10.1 Å². The van der Waals surface area contributed by atoms with E-state index >= 15 is 0 Å². The minimum Gasteiger partial charge on any atom is -0.494 e. The molecule has 20 heavy (non-hydrogen) atoms. The average molecular weight is 310 g/mol. The van der Waals surface area contributed by atoms with Crippen molar-refractivity contribution in [2.45, 2.75) is 20.4 Å². The Morgan fingerprint density at radius 3 is 2.25 bits per heavy atom. The maximum atomic E-state index is 6.13. The van der Waals surface area contributed by atoms with Gasteiger partial charge in [0.1, 0.15) is 0 Å². The Morgan fingerprint density at radius 1 is 1.05 bits per heavy atom. The molecule has 0 bridgehead atoms. The fourth-order valence-corrected chi connectivity index (χ4v) is 2.81. The molecule has 0 amide bonds. The molecule has 0 saturated heterocycles. The van der Waals surface area contributed by atoms with E-state index in [-0.39, 0.29) is 0 Å². The highest BCUT2D eigenvalue weighted by atomic mass is 35.5. The van der Waals surface area contributed by atoms with Crippen LogP contribution in [-0.4, -0.2) is 7.11 Å². The van der Waals surface area contributed by atoms with Crippen LogP contribution in [0.4, 0.5) is 5.69 Å². The first-order valence-corrected chi connectivity index (χ1v) is 7.10. The predicted octanol–water partition coefficient (Wildman–Crippen LogP) is 5.23. The zero-order chi connectivity index (χ0) is 14.7. The van der Waals surface area contributed by atoms with Gasteiger partial charge in [-0.2, -0.15) is 0 Å². The van der Waals surface area contributed by atoms with Crippen LogP contribution in [0.5, 0.6) is 5.75 Å². The van der Waals surface area contributed by atoms with Crippen LogP contribution in [-0.2, 0) is 6.54 Å². The number of ether oxygens (including phenoxy) is 1. The van der Waals surface area contributed by atoms with E-state index in [4.69, 9.17) is 27.9 Å². The third kappa shape index (κ3) is 3.38. The molecule has 0 saturated carbocycles. The second-order valence-electron chi connectivity index (χ2n) is 4.76. The van der Waals surface area contributed by atoms with Gasteiger partial charge in [0.05, 0.1) is 17.2 Å². The van der Waals surface area contributed by atoms with Crippen LogP contribution in [0, 0.1) is 13.8 Å². The highest BCUT2D eigenvalue weighted by Gasteiger charge is 2.08. The molecule has 0 unspecified atom stereocenters. The van der Waals surface area contributed by atoms with Gasteiger partial charge in [0, 0.05) is 12.2 Å². The van der Waals surface area contributed by atoms with Gasteiger partial charge in [0.25, 0.3) is 0 Å². The number of aryl methyl sites for hydroxylation is 2. The Morgan fingerprint density at radius 2 is 1.70 bits per heavy atom. The molecule has 0 aliphatic carbocycles. The van der Waals surface area contributed by atoms with Crippen LogP contribution in [0.1, 0.15) is 16.7 Å². The van der Waals surface area contributed by atoms with Crippen molar-refractivity contribution in [1.82, 2.24) is 0 Å². The second-order valence-corrected chi connectivity index (χ2v) is 5.58. The molecule has 0 aliphatic rings. The summed E-state index contributed by atoms with van der Waals surface area (Å²) in [5.41, 5.74) is 4.60. The molecule has 106 valence electrons. The highest BCUT2D eigenvalue weighted by Crippen LogP contribution is 2.34. The number of anilines is 1. The van der Waals surface area contributed by atoms with Crippen molar-refractivity contribution in [3.05, 3.63) is 57.1 Å². The topological polar surface area (TPSA) is 21.3 Å². The van der Waals surface area contributed by atoms with E-state index in [0.29, 0.717) is 22.3 Å². The number of methoxy groups -OCH3 is 1. The van der Waals surface area contributed by atoms with E-state index in [0.717, 1.165) is 11.3 Å². The van der Waals surface area contributed by atoms with Gasteiger partial charge in [-0.15, -0.1) is 0 Å². The summed E-state index contributed by atoms with van der Waals surface area (Å²) in [5, 5.41) is 4.44. The summed E-state index contributed by atoms with van der Waals surface area (Å²) in [4.78, 5) is 0. The van der Waals surface area contributed by atoms with Crippen molar-refractivity contribution in [1.29, 1.82) is 0 Å². The summed E-state index contributed by atoms with van der Waals surface area (Å²) in [6, 6.07) is 10.0. The highest BCUT2D eigenvalue weighted by molar-refractivity contribution is 6.37. The zero-order valence-electron chi connectivity index (χ0n) is 11.8. The van der Waals surface area contributed by atoms with E-state index in [1.165, 1.54) is 11.1 Å². The summed E-state index contributed by atoms with van der Waals surface area (Å²) in [6.45, 7) is 4.83. The molecule has 2 aromatic carbocycles. The molecule has 0 spiro atoms. The van der Waals surface area contributed by atoms with Gasteiger partial charge in [-0.3, -0.25) is 0 Å². The third-order valence-electron chi connectivity index (χ3n) is 3.13. The van der Waals surface area contributed by atoms with Gasteiger partial charge in [0.15, 0.2) is 5.75 Å². The van der Waals surface area contributed by atoms with Crippen molar-refractivity contribution in [3.63, 3.8) is 0 Å². The Balaban J connectivity index is 2.15. The number of benzene rings is 2. The van der Waals surface area contributed by atoms with Gasteiger partial charge in [-0.1, -0.05) is 40.9 Å². The standard InChI is InChI=1S/C16H17Cl2NO/c1-10-4-5-15(11(2)6-10)19-9-12-7-13(17)16(20-3)14(18)8-12/h4-8,19H,9H2,1-3H3. The van der Waals surface area contributed by atoms with Crippen molar-refractivity contribution in [3.8, 4) is 5.75 Å². The normalized spacial score (nSPS) is 10.4. The monoisotopic (exact) mass is 309 g/mol. The number of hydrogen-bond donors (Lipinski definition) is 1. The number of rotatable bonds is 4. The maximum Gasteiger partial charge on any atom is 0.156 e. The Hall–Kier alpha value is -1.38. The molecule has 0 aromatic heterocycles. The lowest BCUT2D eigenvalue weighted by molar-refractivity contribution is 0.415. The van der Waals surface area contributed by atoms with Crippen LogP contribution in [0.2, 0.25) is 10.0 Å². The summed E-state index contributed by atoms with van der Waals surface area (Å²) in [7, 11) is 1.56. The Labute approximate surface area is 129 Å². The molecule has 2 rings (SSSR count). The first-order chi connectivity index (χ1) is 9.51. The lowest BCUT2D eigenvalue weighted by Crippen LogP contribution is -2.01. The molecule has 0 heterocycles. The lowest BCUT2D eigenvalue weighted by atomic mass is 10.1. The minimum absolute atomic E-state index is 0.517. The van der Waals surface area contributed by atoms with Gasteiger partial charge in [-0.25, -0.2) is 0 Å². The fraction of sp³-hybridized carbons (Fsp3) is 0.250. The molecular formula is C16H17Cl2NO. The van der Waals surface area contributed by atoms with E-state index < -0.39 is 0 Å². The molecule has 0 aliphatic heterocycles. The van der Waals surface area contributed by atoms with Crippen molar-refractivity contribution in [2.24, 2.45) is 0 Å². The quantitative estimate of drug-likeness (QED) is 0.835. The predicted molar refractivity (Wildman–Crippen MR) is 86.3 cm³/mol. The van der Waals surface area contributed by atoms with Crippen LogP contribution in [0.15, 0.2) is 30.3 Å². The summed E-state index contributed by atoms with van der Waals surface area (Å²) in [6.07, 6.45) is 0. The van der Waals surface area contributed by atoms with Crippen LogP contribution in [0.25, 0.3) is 0 Å². The van der Waals surface area contributed by atoms with Gasteiger partial charge in [-0.05, 0) is 43.2 Å². The van der Waals surface area contributed by atoms with Gasteiger partial charge in [0.2, 0.25) is 0 Å². The van der Waals surface area contributed by atoms with Gasteiger partial charge < -0.3 is 10.1 Å². The molecule has 0 atom stereocenters. The fourth-order valence-electron chi connectivity index (χ4n) is 2.12. The molecule has 1 N–H and O–H groups in total. The second kappa shape index (κ2) is 6.38. The molecule has 0 fully saturated rings. The Kier molecular flexibility index (Phi) is 4.79. The van der Waals surface area contributed by atoms with Crippen LogP contribution >= 0.6 is 23.2 Å². The molecule has 0 radical (unpaired) electrons. The molecular weight excluding hydrogens is 293 g/mol. The number of halogens is 2. The SMILES string of the molecule is COc1c(Cl)cc(CNc2ccc(C)cc2C)cc1Cl. The first-order valence-electron chi connectivity index (χ1n) is 6.34. The van der Waals surface area contributed by atoms with Gasteiger partial charge >= 0.3 is 0 Å². The summed E-state index contributed by atoms with van der Waals surface area (Å²) >= 11 is 12.3. The molecule has 2 nitrogen and oxygen atoms in total. The van der Waals surface area contributed by atoms with E-state index in [9.17, 15) is 0 Å². The smallest absolute Gasteiger partial charge is 0.156 e.